The third kappa shape index (κ3) is 4.85. The monoisotopic (exact) mass is 428 g/mol. The van der Waals surface area contributed by atoms with Crippen LogP contribution in [-0.2, 0) is 0 Å². The van der Waals surface area contributed by atoms with Crippen molar-refractivity contribution in [1.29, 1.82) is 0 Å². The highest BCUT2D eigenvalue weighted by molar-refractivity contribution is 6.31. The van der Waals surface area contributed by atoms with E-state index < -0.39 is 0 Å². The van der Waals surface area contributed by atoms with Crippen molar-refractivity contribution in [3.63, 3.8) is 0 Å². The van der Waals surface area contributed by atoms with Crippen LogP contribution in [0.25, 0.3) is 0 Å². The highest BCUT2D eigenvalue weighted by Gasteiger charge is 2.36. The summed E-state index contributed by atoms with van der Waals surface area (Å²) >= 11 is 6.18. The Morgan fingerprint density at radius 1 is 1.20 bits per heavy atom. The van der Waals surface area contributed by atoms with Gasteiger partial charge >= 0.3 is 0 Å². The lowest BCUT2D eigenvalue weighted by atomic mass is 9.80. The van der Waals surface area contributed by atoms with Crippen LogP contribution in [0.4, 0.5) is 0 Å². The van der Waals surface area contributed by atoms with Crippen LogP contribution < -0.4 is 14.8 Å². The summed E-state index contributed by atoms with van der Waals surface area (Å²) in [6.45, 7) is 2.61. The molecule has 0 radical (unpaired) electrons. The van der Waals surface area contributed by atoms with Gasteiger partial charge < -0.3 is 14.8 Å². The fraction of sp³-hybridized carbons (Fsp3) is 0.560. The molecular formula is C25H33ClN2O2. The minimum Gasteiger partial charge on any atom is -0.497 e. The average Bonchev–Trinajstić information content (AvgIpc) is 3.18. The molecular weight excluding hydrogens is 396 g/mol. The highest BCUT2D eigenvalue weighted by Crippen LogP contribution is 2.35. The van der Waals surface area contributed by atoms with E-state index in [1.54, 1.807) is 7.11 Å². The van der Waals surface area contributed by atoms with Crippen LogP contribution in [0.5, 0.6) is 11.5 Å². The average molecular weight is 429 g/mol. The second-order valence-corrected chi connectivity index (χ2v) is 9.04. The summed E-state index contributed by atoms with van der Waals surface area (Å²) < 4.78 is 11.3. The summed E-state index contributed by atoms with van der Waals surface area (Å²) in [6.07, 6.45) is 15.3. The molecule has 3 atom stereocenters. The normalized spacial score (nSPS) is 26.7. The Hall–Kier alpha value is -1.94. The van der Waals surface area contributed by atoms with E-state index in [0.29, 0.717) is 18.6 Å². The molecule has 1 aromatic carbocycles. The van der Waals surface area contributed by atoms with Gasteiger partial charge in [0.25, 0.3) is 0 Å². The zero-order chi connectivity index (χ0) is 20.9. The van der Waals surface area contributed by atoms with Crippen LogP contribution in [0.1, 0.15) is 57.4 Å². The largest absolute Gasteiger partial charge is 0.497 e. The Kier molecular flexibility index (Phi) is 7.04. The van der Waals surface area contributed by atoms with Crippen LogP contribution in [0.15, 0.2) is 46.5 Å². The van der Waals surface area contributed by atoms with Gasteiger partial charge in [-0.3, -0.25) is 4.99 Å². The predicted molar refractivity (Wildman–Crippen MR) is 124 cm³/mol. The molecule has 162 valence electrons. The third-order valence-electron chi connectivity index (χ3n) is 6.59. The number of hydrogen-bond donors (Lipinski definition) is 1. The van der Waals surface area contributed by atoms with Gasteiger partial charge in [0.15, 0.2) is 0 Å². The van der Waals surface area contributed by atoms with E-state index in [2.05, 4.69) is 23.5 Å². The molecule has 1 unspecified atom stereocenters. The van der Waals surface area contributed by atoms with E-state index in [-0.39, 0.29) is 6.04 Å². The molecule has 3 aliphatic rings. The lowest BCUT2D eigenvalue weighted by molar-refractivity contribution is 0.285. The molecule has 1 saturated carbocycles. The first-order valence-electron chi connectivity index (χ1n) is 11.4. The van der Waals surface area contributed by atoms with E-state index in [9.17, 15) is 0 Å². The maximum absolute atomic E-state index is 6.18. The van der Waals surface area contributed by atoms with Gasteiger partial charge in [0.1, 0.15) is 17.3 Å². The molecule has 0 saturated heterocycles. The molecule has 1 aromatic rings. The third-order valence-corrected chi connectivity index (χ3v) is 6.87. The van der Waals surface area contributed by atoms with Gasteiger partial charge in [0.2, 0.25) is 0 Å². The molecule has 1 aliphatic heterocycles. The number of aliphatic imine (C=N–C) groups is 1. The quantitative estimate of drug-likeness (QED) is 0.592. The Balaban J connectivity index is 1.60. The molecule has 0 bridgehead atoms. The van der Waals surface area contributed by atoms with Gasteiger partial charge in [-0.1, -0.05) is 55.9 Å². The number of methoxy groups -OCH3 is 1. The van der Waals surface area contributed by atoms with Crippen LogP contribution in [0, 0.1) is 11.8 Å². The number of allylic oxidation sites excluding steroid dienone is 3. The van der Waals surface area contributed by atoms with Crippen molar-refractivity contribution < 1.29 is 9.47 Å². The zero-order valence-corrected chi connectivity index (χ0v) is 18.8. The van der Waals surface area contributed by atoms with Crippen LogP contribution in [0.3, 0.4) is 0 Å². The van der Waals surface area contributed by atoms with Crippen molar-refractivity contribution in [2.45, 2.75) is 64.0 Å². The number of amidine groups is 1. The summed E-state index contributed by atoms with van der Waals surface area (Å²) in [5.41, 5.74) is 1.02. The van der Waals surface area contributed by atoms with Gasteiger partial charge in [0, 0.05) is 17.0 Å². The van der Waals surface area contributed by atoms with Crippen molar-refractivity contribution in [3.8, 4) is 11.5 Å². The van der Waals surface area contributed by atoms with Crippen LogP contribution in [-0.4, -0.2) is 31.6 Å². The van der Waals surface area contributed by atoms with E-state index in [0.717, 1.165) is 40.3 Å². The van der Waals surface area contributed by atoms with Crippen LogP contribution in [0.2, 0.25) is 0 Å². The summed E-state index contributed by atoms with van der Waals surface area (Å²) in [5.74, 6) is 3.73. The second kappa shape index (κ2) is 9.91. The zero-order valence-electron chi connectivity index (χ0n) is 18.1. The van der Waals surface area contributed by atoms with Crippen molar-refractivity contribution in [3.05, 3.63) is 47.0 Å². The van der Waals surface area contributed by atoms with Gasteiger partial charge in [-0.25, -0.2) is 0 Å². The van der Waals surface area contributed by atoms with Crippen molar-refractivity contribution in [2.24, 2.45) is 16.8 Å². The SMILES string of the molecule is CCOc1cc(OC)ccc1C1=N[C@@H](C2C=CC(Cl)=CC2)[C@@H](CC2CCCCC2)N1. The predicted octanol–water partition coefficient (Wildman–Crippen LogP) is 5.85. The summed E-state index contributed by atoms with van der Waals surface area (Å²) in [6, 6.07) is 6.56. The van der Waals surface area contributed by atoms with E-state index in [1.807, 2.05) is 25.1 Å². The van der Waals surface area contributed by atoms with Crippen molar-refractivity contribution in [1.82, 2.24) is 5.32 Å². The van der Waals surface area contributed by atoms with Gasteiger partial charge in [-0.05, 0) is 43.9 Å². The molecule has 1 N–H and O–H groups in total. The molecule has 0 amide bonds. The van der Waals surface area contributed by atoms with E-state index in [4.69, 9.17) is 26.1 Å². The lowest BCUT2D eigenvalue weighted by Crippen LogP contribution is -2.40. The van der Waals surface area contributed by atoms with E-state index in [1.165, 1.54) is 38.5 Å². The molecule has 30 heavy (non-hydrogen) atoms. The molecule has 1 fully saturated rings. The first kappa shape index (κ1) is 21.3. The van der Waals surface area contributed by atoms with Gasteiger partial charge in [-0.2, -0.15) is 0 Å². The molecule has 4 nitrogen and oxygen atoms in total. The number of rotatable bonds is 7. The lowest BCUT2D eigenvalue weighted by Gasteiger charge is -2.30. The molecule has 1 heterocycles. The first-order chi connectivity index (χ1) is 14.7. The van der Waals surface area contributed by atoms with Crippen LogP contribution >= 0.6 is 11.6 Å². The Morgan fingerprint density at radius 2 is 2.03 bits per heavy atom. The maximum atomic E-state index is 6.18. The van der Waals surface area contributed by atoms with Gasteiger partial charge in [0.05, 0.1) is 31.4 Å². The second-order valence-electron chi connectivity index (χ2n) is 8.60. The summed E-state index contributed by atoms with van der Waals surface area (Å²) in [7, 11) is 1.68. The first-order valence-corrected chi connectivity index (χ1v) is 11.7. The number of nitrogens with one attached hydrogen (secondary N) is 1. The minimum absolute atomic E-state index is 0.218. The maximum Gasteiger partial charge on any atom is 0.133 e. The smallest absolute Gasteiger partial charge is 0.133 e. The fourth-order valence-corrected chi connectivity index (χ4v) is 5.19. The Morgan fingerprint density at radius 3 is 2.73 bits per heavy atom. The number of halogens is 1. The summed E-state index contributed by atoms with van der Waals surface area (Å²) in [4.78, 5) is 5.21. The minimum atomic E-state index is 0.218. The Bertz CT molecular complexity index is 826. The number of nitrogens with zero attached hydrogens (tertiary/aromatic N) is 1. The fourth-order valence-electron chi connectivity index (χ4n) is 5.02. The summed E-state index contributed by atoms with van der Waals surface area (Å²) in [5, 5.41) is 4.62. The number of benzene rings is 1. The standard InChI is InChI=1S/C25H33ClN2O2/c1-3-30-23-16-20(29-2)13-14-21(23)25-27-22(15-17-7-5-4-6-8-17)24(28-25)18-9-11-19(26)12-10-18/h9,11-14,16-18,22,24H,3-8,10,15H2,1-2H3,(H,27,28)/t18?,22-,24+/m1/s1. The molecule has 4 rings (SSSR count). The van der Waals surface area contributed by atoms with Crippen molar-refractivity contribution >= 4 is 17.4 Å². The molecule has 2 aliphatic carbocycles. The van der Waals surface area contributed by atoms with Crippen molar-refractivity contribution in [2.75, 3.05) is 13.7 Å². The molecule has 0 spiro atoms. The molecule has 5 heteroatoms. The number of hydrogen-bond acceptors (Lipinski definition) is 4. The molecule has 0 aromatic heterocycles. The Labute approximate surface area is 185 Å². The van der Waals surface area contributed by atoms with Gasteiger partial charge in [-0.15, -0.1) is 0 Å². The topological polar surface area (TPSA) is 42.9 Å². The number of ether oxygens (including phenoxy) is 2. The van der Waals surface area contributed by atoms with E-state index >= 15 is 0 Å². The highest BCUT2D eigenvalue weighted by atomic mass is 35.5.